The maximum Gasteiger partial charge on any atom is 0.136 e. The summed E-state index contributed by atoms with van der Waals surface area (Å²) in [5, 5.41) is 11.1. The Labute approximate surface area is 211 Å². The molecule has 0 aliphatic rings. The van der Waals surface area contributed by atoms with Gasteiger partial charge in [0.05, 0.1) is 0 Å². The molecule has 0 N–H and O–H groups in total. The molecule has 8 aromatic rings. The number of hydrogen-bond donors (Lipinski definition) is 0. The molecule has 2 heteroatoms. The van der Waals surface area contributed by atoms with Crippen LogP contribution >= 0.6 is 11.3 Å². The summed E-state index contributed by atoms with van der Waals surface area (Å²) in [4.78, 5) is 0. The van der Waals surface area contributed by atoms with Crippen LogP contribution in [0.2, 0.25) is 0 Å². The number of rotatable bonds is 2. The van der Waals surface area contributed by atoms with E-state index in [-0.39, 0.29) is 0 Å². The Balaban J connectivity index is 1.53. The van der Waals surface area contributed by atoms with Gasteiger partial charge in [0.25, 0.3) is 0 Å². The standard InChI is InChI=1S/C34H20OS/c1-2-10-21(11-3-1)31-22-12-4-6-14-24(22)32(25-15-7-5-13-23(25)31)28-20-36-34-26(28)18-19-30-33(34)27-16-8-9-17-29(27)35-30/h1-20H. The molecule has 2 heterocycles. The molecule has 0 fully saturated rings. The molecule has 0 saturated carbocycles. The first kappa shape index (κ1) is 19.9. The van der Waals surface area contributed by atoms with Crippen LogP contribution in [0.3, 0.4) is 0 Å². The number of fused-ring (bicyclic) bond motifs is 7. The minimum Gasteiger partial charge on any atom is -0.456 e. The Morgan fingerprint density at radius 3 is 1.72 bits per heavy atom. The van der Waals surface area contributed by atoms with Crippen molar-refractivity contribution in [1.29, 1.82) is 0 Å². The summed E-state index contributed by atoms with van der Waals surface area (Å²) in [7, 11) is 0. The quantitative estimate of drug-likeness (QED) is 0.226. The van der Waals surface area contributed by atoms with Gasteiger partial charge in [0, 0.05) is 26.4 Å². The molecule has 0 saturated heterocycles. The van der Waals surface area contributed by atoms with Gasteiger partial charge in [-0.25, -0.2) is 0 Å². The lowest BCUT2D eigenvalue weighted by molar-refractivity contribution is 0.669. The highest BCUT2D eigenvalue weighted by atomic mass is 32.1. The van der Waals surface area contributed by atoms with E-state index in [1.165, 1.54) is 64.7 Å². The summed E-state index contributed by atoms with van der Waals surface area (Å²) in [5.74, 6) is 0. The van der Waals surface area contributed by atoms with E-state index in [9.17, 15) is 0 Å². The van der Waals surface area contributed by atoms with Crippen LogP contribution in [0.4, 0.5) is 0 Å². The minimum absolute atomic E-state index is 0.943. The fourth-order valence-electron chi connectivity index (χ4n) is 5.83. The first-order chi connectivity index (χ1) is 17.9. The Kier molecular flexibility index (Phi) is 4.16. The lowest BCUT2D eigenvalue weighted by Crippen LogP contribution is -1.90. The van der Waals surface area contributed by atoms with Crippen LogP contribution in [0, 0.1) is 0 Å². The molecule has 0 amide bonds. The maximum atomic E-state index is 6.19. The first-order valence-electron chi connectivity index (χ1n) is 12.2. The summed E-state index contributed by atoms with van der Waals surface area (Å²) in [6.45, 7) is 0. The van der Waals surface area contributed by atoms with Crippen molar-refractivity contribution in [1.82, 2.24) is 0 Å². The number of para-hydroxylation sites is 1. The second-order valence-electron chi connectivity index (χ2n) is 9.27. The van der Waals surface area contributed by atoms with Gasteiger partial charge >= 0.3 is 0 Å². The normalized spacial score (nSPS) is 11.9. The number of benzene rings is 6. The van der Waals surface area contributed by atoms with Gasteiger partial charge in [-0.3, -0.25) is 0 Å². The Morgan fingerprint density at radius 2 is 1.03 bits per heavy atom. The fourth-order valence-corrected chi connectivity index (χ4v) is 6.94. The van der Waals surface area contributed by atoms with Gasteiger partial charge in [-0.2, -0.15) is 0 Å². The molecule has 2 aromatic heterocycles. The molecule has 0 atom stereocenters. The highest BCUT2D eigenvalue weighted by Crippen LogP contribution is 2.48. The third kappa shape index (κ3) is 2.71. The third-order valence-electron chi connectivity index (χ3n) is 7.34. The van der Waals surface area contributed by atoms with Crippen molar-refractivity contribution in [2.75, 3.05) is 0 Å². The van der Waals surface area contributed by atoms with Crippen molar-refractivity contribution >= 4 is 64.9 Å². The van der Waals surface area contributed by atoms with Crippen molar-refractivity contribution in [3.63, 3.8) is 0 Å². The molecular weight excluding hydrogens is 456 g/mol. The van der Waals surface area contributed by atoms with E-state index in [2.05, 4.69) is 115 Å². The molecule has 0 unspecified atom stereocenters. The Morgan fingerprint density at radius 1 is 0.444 bits per heavy atom. The van der Waals surface area contributed by atoms with Gasteiger partial charge < -0.3 is 4.42 Å². The van der Waals surface area contributed by atoms with Gasteiger partial charge in [-0.1, -0.05) is 97.1 Å². The lowest BCUT2D eigenvalue weighted by Gasteiger charge is -2.17. The van der Waals surface area contributed by atoms with Crippen molar-refractivity contribution < 1.29 is 4.42 Å². The van der Waals surface area contributed by atoms with Gasteiger partial charge in [0.2, 0.25) is 0 Å². The minimum atomic E-state index is 0.943. The van der Waals surface area contributed by atoms with Crippen LogP contribution in [0.5, 0.6) is 0 Å². The average molecular weight is 477 g/mol. The van der Waals surface area contributed by atoms with Gasteiger partial charge in [-0.15, -0.1) is 11.3 Å². The van der Waals surface area contributed by atoms with Crippen molar-refractivity contribution in [3.05, 3.63) is 121 Å². The van der Waals surface area contributed by atoms with E-state index in [4.69, 9.17) is 4.42 Å². The molecule has 36 heavy (non-hydrogen) atoms. The monoisotopic (exact) mass is 476 g/mol. The first-order valence-corrected chi connectivity index (χ1v) is 13.1. The van der Waals surface area contributed by atoms with E-state index >= 15 is 0 Å². The van der Waals surface area contributed by atoms with Crippen molar-refractivity contribution in [3.8, 4) is 22.3 Å². The summed E-state index contributed by atoms with van der Waals surface area (Å²) in [5.41, 5.74) is 7.03. The molecule has 8 rings (SSSR count). The SMILES string of the molecule is c1ccc(-c2c3ccccc3c(-c3csc4c3ccc3oc5ccccc5c34)c3ccccc23)cc1. The topological polar surface area (TPSA) is 13.1 Å². The van der Waals surface area contributed by atoms with Crippen molar-refractivity contribution in [2.24, 2.45) is 0 Å². The number of thiophene rings is 1. The van der Waals surface area contributed by atoms with Crippen molar-refractivity contribution in [2.45, 2.75) is 0 Å². The molecule has 0 radical (unpaired) electrons. The van der Waals surface area contributed by atoms with E-state index in [0.29, 0.717) is 0 Å². The summed E-state index contributed by atoms with van der Waals surface area (Å²) in [6.07, 6.45) is 0. The second-order valence-corrected chi connectivity index (χ2v) is 10.1. The van der Waals surface area contributed by atoms with Crippen LogP contribution in [0.15, 0.2) is 125 Å². The summed E-state index contributed by atoms with van der Waals surface area (Å²) >= 11 is 1.82. The molecule has 0 spiro atoms. The Hall–Kier alpha value is -4.40. The van der Waals surface area contributed by atoms with Crippen LogP contribution in [0.25, 0.3) is 75.8 Å². The van der Waals surface area contributed by atoms with Crippen LogP contribution in [0.1, 0.15) is 0 Å². The second kappa shape index (κ2) is 7.55. The molecule has 168 valence electrons. The molecule has 1 nitrogen and oxygen atoms in total. The van der Waals surface area contributed by atoms with Gasteiger partial charge in [-0.05, 0) is 61.8 Å². The van der Waals surface area contributed by atoms with Gasteiger partial charge in [0.15, 0.2) is 0 Å². The van der Waals surface area contributed by atoms with E-state index in [1.54, 1.807) is 0 Å². The molecule has 0 aliphatic heterocycles. The highest BCUT2D eigenvalue weighted by molar-refractivity contribution is 7.19. The fraction of sp³-hybridized carbons (Fsp3) is 0. The highest BCUT2D eigenvalue weighted by Gasteiger charge is 2.20. The lowest BCUT2D eigenvalue weighted by atomic mass is 9.86. The van der Waals surface area contributed by atoms with E-state index < -0.39 is 0 Å². The van der Waals surface area contributed by atoms with Crippen LogP contribution in [-0.2, 0) is 0 Å². The zero-order chi connectivity index (χ0) is 23.6. The molecular formula is C34H20OS. The number of furan rings is 1. The largest absolute Gasteiger partial charge is 0.456 e. The summed E-state index contributed by atoms with van der Waals surface area (Å²) in [6, 6.07) is 41.2. The van der Waals surface area contributed by atoms with E-state index in [0.717, 1.165) is 11.2 Å². The smallest absolute Gasteiger partial charge is 0.136 e. The third-order valence-corrected chi connectivity index (χ3v) is 8.36. The van der Waals surface area contributed by atoms with Gasteiger partial charge in [0.1, 0.15) is 11.2 Å². The van der Waals surface area contributed by atoms with Crippen LogP contribution in [-0.4, -0.2) is 0 Å². The summed E-state index contributed by atoms with van der Waals surface area (Å²) < 4.78 is 7.47. The molecule has 0 aliphatic carbocycles. The predicted octanol–water partition coefficient (Wildman–Crippen LogP) is 10.4. The van der Waals surface area contributed by atoms with E-state index in [1.807, 2.05) is 17.4 Å². The average Bonchev–Trinajstić information content (AvgIpc) is 3.53. The molecule has 6 aromatic carbocycles. The van der Waals surface area contributed by atoms with Crippen LogP contribution < -0.4 is 0 Å². The molecule has 0 bridgehead atoms. The zero-order valence-corrected chi connectivity index (χ0v) is 20.2. The number of hydrogen-bond acceptors (Lipinski definition) is 2. The predicted molar refractivity (Wildman–Crippen MR) is 155 cm³/mol. The maximum absolute atomic E-state index is 6.19. The Bertz CT molecular complexity index is 2040. The zero-order valence-electron chi connectivity index (χ0n) is 19.4.